The molecule has 0 amide bonds. The minimum atomic E-state index is 0.110. The maximum absolute atomic E-state index is 6.33. The Hall–Kier alpha value is -0.840. The lowest BCUT2D eigenvalue weighted by Crippen LogP contribution is -2.21. The van der Waals surface area contributed by atoms with Crippen LogP contribution < -0.4 is 5.32 Å². The van der Waals surface area contributed by atoms with E-state index in [0.29, 0.717) is 0 Å². The van der Waals surface area contributed by atoms with Gasteiger partial charge >= 0.3 is 0 Å². The van der Waals surface area contributed by atoms with Gasteiger partial charge in [0.2, 0.25) is 0 Å². The van der Waals surface area contributed by atoms with Gasteiger partial charge in [-0.2, -0.15) is 5.10 Å². The molecule has 0 aliphatic heterocycles. The van der Waals surface area contributed by atoms with Crippen LogP contribution in [0.3, 0.4) is 0 Å². The Bertz CT molecular complexity index is 540. The number of hydrogen-bond donors (Lipinski definition) is 1. The van der Waals surface area contributed by atoms with E-state index >= 15 is 0 Å². The molecule has 5 heteroatoms. The smallest absolute Gasteiger partial charge is 0.0854 e. The molecular formula is C14H20ClN3S. The van der Waals surface area contributed by atoms with E-state index in [1.165, 1.54) is 15.3 Å². The molecular weight excluding hydrogens is 278 g/mol. The van der Waals surface area contributed by atoms with Crippen molar-refractivity contribution in [1.82, 2.24) is 15.1 Å². The predicted molar refractivity (Wildman–Crippen MR) is 82.2 cm³/mol. The second-order valence-electron chi connectivity index (χ2n) is 4.71. The molecule has 2 aromatic heterocycles. The average molecular weight is 298 g/mol. The highest BCUT2D eigenvalue weighted by molar-refractivity contribution is 7.12. The van der Waals surface area contributed by atoms with Gasteiger partial charge in [-0.15, -0.1) is 11.3 Å². The summed E-state index contributed by atoms with van der Waals surface area (Å²) in [6, 6.07) is 2.35. The van der Waals surface area contributed by atoms with Gasteiger partial charge in [0.25, 0.3) is 0 Å². The summed E-state index contributed by atoms with van der Waals surface area (Å²) in [5, 5.41) is 8.48. The van der Waals surface area contributed by atoms with Crippen LogP contribution in [0.4, 0.5) is 0 Å². The van der Waals surface area contributed by atoms with Crippen LogP contribution in [-0.4, -0.2) is 16.8 Å². The number of nitrogens with one attached hydrogen (secondary N) is 1. The standard InChI is InChI=1S/C14H20ClN3S/c1-5-6-18-14(11(15)8-17-18)13(16-4)12-7-9(2)10(3)19-12/h7-8,13,16H,5-6H2,1-4H3. The normalized spacial score (nSPS) is 12.9. The van der Waals surface area contributed by atoms with Gasteiger partial charge in [-0.3, -0.25) is 4.68 Å². The van der Waals surface area contributed by atoms with Crippen molar-refractivity contribution in [1.29, 1.82) is 0 Å². The summed E-state index contributed by atoms with van der Waals surface area (Å²) in [4.78, 5) is 2.64. The van der Waals surface area contributed by atoms with Gasteiger partial charge < -0.3 is 5.32 Å². The van der Waals surface area contributed by atoms with Crippen LogP contribution in [0.2, 0.25) is 5.02 Å². The van der Waals surface area contributed by atoms with Crippen LogP contribution >= 0.6 is 22.9 Å². The fourth-order valence-electron chi connectivity index (χ4n) is 2.21. The van der Waals surface area contributed by atoms with Gasteiger partial charge in [-0.1, -0.05) is 18.5 Å². The van der Waals surface area contributed by atoms with Crippen molar-refractivity contribution in [2.75, 3.05) is 7.05 Å². The zero-order valence-corrected chi connectivity index (χ0v) is 13.4. The molecule has 3 nitrogen and oxygen atoms in total. The van der Waals surface area contributed by atoms with E-state index < -0.39 is 0 Å². The van der Waals surface area contributed by atoms with E-state index in [4.69, 9.17) is 11.6 Å². The van der Waals surface area contributed by atoms with E-state index in [9.17, 15) is 0 Å². The molecule has 104 valence electrons. The molecule has 0 aliphatic carbocycles. The summed E-state index contributed by atoms with van der Waals surface area (Å²) in [5.74, 6) is 0. The highest BCUT2D eigenvalue weighted by atomic mass is 35.5. The Morgan fingerprint density at radius 1 is 1.47 bits per heavy atom. The fraction of sp³-hybridized carbons (Fsp3) is 0.500. The van der Waals surface area contributed by atoms with Gasteiger partial charge in [0, 0.05) is 16.3 Å². The first-order chi connectivity index (χ1) is 9.08. The first-order valence-electron chi connectivity index (χ1n) is 6.53. The van der Waals surface area contributed by atoms with Gasteiger partial charge in [-0.05, 0) is 38.9 Å². The number of aryl methyl sites for hydroxylation is 3. The Balaban J connectivity index is 2.44. The van der Waals surface area contributed by atoms with Gasteiger partial charge in [0.15, 0.2) is 0 Å². The molecule has 0 bridgehead atoms. The molecule has 0 aromatic carbocycles. The highest BCUT2D eigenvalue weighted by Crippen LogP contribution is 2.33. The molecule has 0 radical (unpaired) electrons. The summed E-state index contributed by atoms with van der Waals surface area (Å²) in [5.41, 5.74) is 2.39. The van der Waals surface area contributed by atoms with Crippen LogP contribution in [-0.2, 0) is 6.54 Å². The number of aromatic nitrogens is 2. The first-order valence-corrected chi connectivity index (χ1v) is 7.73. The van der Waals surface area contributed by atoms with E-state index in [0.717, 1.165) is 23.7 Å². The minimum absolute atomic E-state index is 0.110. The molecule has 1 N–H and O–H groups in total. The maximum Gasteiger partial charge on any atom is 0.0854 e. The van der Waals surface area contributed by atoms with Gasteiger partial charge in [-0.25, -0.2) is 0 Å². The van der Waals surface area contributed by atoms with E-state index in [-0.39, 0.29) is 6.04 Å². The minimum Gasteiger partial charge on any atom is -0.307 e. The average Bonchev–Trinajstić information content (AvgIpc) is 2.88. The summed E-state index contributed by atoms with van der Waals surface area (Å²) >= 11 is 8.15. The fourth-order valence-corrected chi connectivity index (χ4v) is 3.61. The Kier molecular flexibility index (Phi) is 4.66. The van der Waals surface area contributed by atoms with Gasteiger partial charge in [0.1, 0.15) is 0 Å². The lowest BCUT2D eigenvalue weighted by Gasteiger charge is -2.17. The zero-order chi connectivity index (χ0) is 14.0. The molecule has 0 fully saturated rings. The molecule has 0 saturated carbocycles. The maximum atomic E-state index is 6.33. The monoisotopic (exact) mass is 297 g/mol. The molecule has 1 atom stereocenters. The number of thiophene rings is 1. The Morgan fingerprint density at radius 3 is 2.74 bits per heavy atom. The third kappa shape index (κ3) is 2.86. The molecule has 0 saturated heterocycles. The van der Waals surface area contributed by atoms with Crippen LogP contribution in [0.25, 0.3) is 0 Å². The number of halogens is 1. The van der Waals surface area contributed by atoms with Crippen molar-refractivity contribution in [3.8, 4) is 0 Å². The molecule has 2 rings (SSSR count). The molecule has 19 heavy (non-hydrogen) atoms. The number of nitrogens with zero attached hydrogens (tertiary/aromatic N) is 2. The molecule has 0 spiro atoms. The van der Waals surface area contributed by atoms with E-state index in [1.807, 2.05) is 23.1 Å². The Morgan fingerprint density at radius 2 is 2.21 bits per heavy atom. The molecule has 2 heterocycles. The first kappa shape index (κ1) is 14.6. The van der Waals surface area contributed by atoms with Crippen LogP contribution in [0.1, 0.15) is 40.4 Å². The van der Waals surface area contributed by atoms with Crippen molar-refractivity contribution < 1.29 is 0 Å². The summed E-state index contributed by atoms with van der Waals surface area (Å²) in [6.07, 6.45) is 2.79. The second kappa shape index (κ2) is 6.07. The largest absolute Gasteiger partial charge is 0.307 e. The lowest BCUT2D eigenvalue weighted by molar-refractivity contribution is 0.538. The molecule has 1 unspecified atom stereocenters. The summed E-state index contributed by atoms with van der Waals surface area (Å²) < 4.78 is 2.01. The van der Waals surface area contributed by atoms with Crippen molar-refractivity contribution in [2.45, 2.75) is 39.8 Å². The van der Waals surface area contributed by atoms with Crippen molar-refractivity contribution in [2.24, 2.45) is 0 Å². The Labute approximate surface area is 123 Å². The van der Waals surface area contributed by atoms with Crippen molar-refractivity contribution in [3.63, 3.8) is 0 Å². The third-order valence-electron chi connectivity index (χ3n) is 3.30. The molecule has 0 aliphatic rings. The van der Waals surface area contributed by atoms with E-state index in [1.54, 1.807) is 6.20 Å². The van der Waals surface area contributed by atoms with Crippen LogP contribution in [0.15, 0.2) is 12.3 Å². The van der Waals surface area contributed by atoms with E-state index in [2.05, 4.69) is 37.3 Å². The van der Waals surface area contributed by atoms with Crippen LogP contribution in [0.5, 0.6) is 0 Å². The highest BCUT2D eigenvalue weighted by Gasteiger charge is 2.22. The topological polar surface area (TPSA) is 29.9 Å². The number of hydrogen-bond acceptors (Lipinski definition) is 3. The zero-order valence-electron chi connectivity index (χ0n) is 11.8. The van der Waals surface area contributed by atoms with Gasteiger partial charge in [0.05, 0.1) is 23.0 Å². The molecule has 2 aromatic rings. The quantitative estimate of drug-likeness (QED) is 0.906. The summed E-state index contributed by atoms with van der Waals surface area (Å²) in [7, 11) is 1.97. The third-order valence-corrected chi connectivity index (χ3v) is 4.81. The number of rotatable bonds is 5. The van der Waals surface area contributed by atoms with Crippen LogP contribution in [0, 0.1) is 13.8 Å². The SMILES string of the molecule is CCCn1ncc(Cl)c1C(NC)c1cc(C)c(C)s1. The van der Waals surface area contributed by atoms with Crippen molar-refractivity contribution >= 4 is 22.9 Å². The predicted octanol–water partition coefficient (Wildman–Crippen LogP) is 3.93. The summed E-state index contributed by atoms with van der Waals surface area (Å²) in [6.45, 7) is 7.34. The lowest BCUT2D eigenvalue weighted by atomic mass is 10.1. The van der Waals surface area contributed by atoms with Crippen molar-refractivity contribution in [3.05, 3.63) is 38.3 Å². The second-order valence-corrected chi connectivity index (χ2v) is 6.41.